The van der Waals surface area contributed by atoms with E-state index in [0.717, 1.165) is 16.7 Å². The van der Waals surface area contributed by atoms with Crippen molar-refractivity contribution in [2.45, 2.75) is 131 Å². The first kappa shape index (κ1) is 45.7. The first-order valence-corrected chi connectivity index (χ1v) is 18.8. The molecule has 2 aromatic rings. The number of nitrogens with zero attached hydrogens (tertiary/aromatic N) is 1. The monoisotopic (exact) mass is 753 g/mol. The van der Waals surface area contributed by atoms with Crippen LogP contribution in [0.4, 0.5) is 4.79 Å². The quantitative estimate of drug-likeness (QED) is 0.195. The number of nitrogens with one attached hydrogen (secondary N) is 2. The van der Waals surface area contributed by atoms with Gasteiger partial charge in [-0.3, -0.25) is 14.4 Å². The molecule has 12 nitrogen and oxygen atoms in total. The van der Waals surface area contributed by atoms with E-state index in [-0.39, 0.29) is 48.7 Å². The molecule has 0 spiro atoms. The van der Waals surface area contributed by atoms with Gasteiger partial charge < -0.3 is 39.3 Å². The maximum absolute atomic E-state index is 13.5. The Morgan fingerprint density at radius 1 is 0.907 bits per heavy atom. The third-order valence-electron chi connectivity index (χ3n) is 8.12. The highest BCUT2D eigenvalue weighted by Gasteiger charge is 2.28. The molecule has 0 radical (unpaired) electrons. The lowest BCUT2D eigenvalue weighted by Crippen LogP contribution is -2.48. The molecule has 3 rings (SSSR count). The van der Waals surface area contributed by atoms with Crippen LogP contribution in [0.15, 0.2) is 48.5 Å². The van der Waals surface area contributed by atoms with E-state index in [4.69, 9.17) is 18.9 Å². The molecule has 3 atom stereocenters. The van der Waals surface area contributed by atoms with Gasteiger partial charge in [-0.1, -0.05) is 43.3 Å². The summed E-state index contributed by atoms with van der Waals surface area (Å²) in [6, 6.07) is 14.8. The van der Waals surface area contributed by atoms with E-state index in [1.165, 1.54) is 13.8 Å². The Morgan fingerprint density at radius 3 is 2.19 bits per heavy atom. The second-order valence-corrected chi connectivity index (χ2v) is 15.9. The average Bonchev–Trinajstić information content (AvgIpc) is 3.07. The Labute approximate surface area is 322 Å². The van der Waals surface area contributed by atoms with E-state index in [0.29, 0.717) is 57.7 Å². The van der Waals surface area contributed by atoms with Gasteiger partial charge in [0, 0.05) is 31.8 Å². The van der Waals surface area contributed by atoms with Gasteiger partial charge in [0.1, 0.15) is 28.8 Å². The highest BCUT2D eigenvalue weighted by atomic mass is 16.6. The Kier molecular flexibility index (Phi) is 18.7. The van der Waals surface area contributed by atoms with Crippen LogP contribution < -0.4 is 15.4 Å². The second kappa shape index (κ2) is 22.1. The van der Waals surface area contributed by atoms with Crippen molar-refractivity contribution in [2.75, 3.05) is 26.3 Å². The molecule has 54 heavy (non-hydrogen) atoms. The van der Waals surface area contributed by atoms with Crippen LogP contribution in [0.1, 0.15) is 105 Å². The summed E-state index contributed by atoms with van der Waals surface area (Å²) in [5.41, 5.74) is 1.79. The summed E-state index contributed by atoms with van der Waals surface area (Å²) >= 11 is 0. The second-order valence-electron chi connectivity index (χ2n) is 15.9. The largest absolute Gasteiger partial charge is 0.493 e. The summed E-state index contributed by atoms with van der Waals surface area (Å²) in [4.78, 5) is 62.5. The van der Waals surface area contributed by atoms with Gasteiger partial charge in [0.2, 0.25) is 11.8 Å². The first-order chi connectivity index (χ1) is 25.2. The lowest BCUT2D eigenvalue weighted by atomic mass is 10.0. The fraction of sp³-hybridized carbons (Fsp3) is 0.595. The van der Waals surface area contributed by atoms with Crippen LogP contribution in [-0.4, -0.2) is 84.2 Å². The van der Waals surface area contributed by atoms with Crippen LogP contribution >= 0.6 is 0 Å². The summed E-state index contributed by atoms with van der Waals surface area (Å²) in [7, 11) is 0. The van der Waals surface area contributed by atoms with E-state index in [1.807, 2.05) is 76.2 Å². The summed E-state index contributed by atoms with van der Waals surface area (Å²) < 4.78 is 22.8. The number of ketones is 1. The Balaban J connectivity index is 0.00000239. The fourth-order valence-corrected chi connectivity index (χ4v) is 5.32. The van der Waals surface area contributed by atoms with Crippen molar-refractivity contribution in [1.82, 2.24) is 15.5 Å². The highest BCUT2D eigenvalue weighted by molar-refractivity contribution is 5.88. The lowest BCUT2D eigenvalue weighted by molar-refractivity contribution is -0.155. The molecule has 1 saturated heterocycles. The standard InChI is InChI=1S/C39H57N3O8.C3H6O/c1-27-14-17-31(47-22-20-32-26-42(21-23-48-32)37(46)50-39(6,7)8)24-30(27)25-40-36(45)33(18-16-29-12-10-9-11-13-29)41-35(44)28(2)15-19-34(43)49-38(3,4)5;1-3(2)4/h9-14,17,24,28,32-33H,15-16,18-23,25-26H2,1-8H3,(H,40,45)(H,41,44);1-2H3. The molecule has 3 amide bonds. The number of hydrogen-bond donors (Lipinski definition) is 2. The van der Waals surface area contributed by atoms with Gasteiger partial charge in [-0.05, 0) is 110 Å². The number of Topliss-reactive ketones (excluding diaryl/α,β-unsaturated/α-hetero) is 1. The minimum atomic E-state index is -0.762. The fourth-order valence-electron chi connectivity index (χ4n) is 5.32. The Morgan fingerprint density at radius 2 is 1.56 bits per heavy atom. The van der Waals surface area contributed by atoms with Gasteiger partial charge in [0.25, 0.3) is 0 Å². The van der Waals surface area contributed by atoms with Gasteiger partial charge in [-0.2, -0.15) is 0 Å². The van der Waals surface area contributed by atoms with Crippen LogP contribution in [0.5, 0.6) is 5.75 Å². The molecule has 0 aromatic heterocycles. The first-order valence-electron chi connectivity index (χ1n) is 18.8. The van der Waals surface area contributed by atoms with Crippen LogP contribution in [0.2, 0.25) is 0 Å². The zero-order valence-electron chi connectivity index (χ0n) is 34.0. The molecule has 0 saturated carbocycles. The van der Waals surface area contributed by atoms with Crippen molar-refractivity contribution < 1.29 is 42.9 Å². The van der Waals surface area contributed by atoms with E-state index in [1.54, 1.807) is 32.6 Å². The van der Waals surface area contributed by atoms with Crippen molar-refractivity contribution in [1.29, 1.82) is 0 Å². The van der Waals surface area contributed by atoms with E-state index < -0.39 is 23.2 Å². The number of rotatable bonds is 15. The topological polar surface area (TPSA) is 150 Å². The molecule has 1 fully saturated rings. The molecule has 1 aliphatic heterocycles. The van der Waals surface area contributed by atoms with Crippen molar-refractivity contribution in [3.05, 3.63) is 65.2 Å². The molecule has 1 heterocycles. The molecular weight excluding hydrogens is 690 g/mol. The number of carbonyl (C=O) groups is 5. The van der Waals surface area contributed by atoms with Gasteiger partial charge in [0.05, 0.1) is 25.9 Å². The minimum absolute atomic E-state index is 0.114. The summed E-state index contributed by atoms with van der Waals surface area (Å²) in [6.45, 7) is 19.7. The Bertz CT molecular complexity index is 1510. The molecule has 1 aliphatic rings. The smallest absolute Gasteiger partial charge is 0.410 e. The molecule has 12 heteroatoms. The SMILES string of the molecule is CC(C)=O.Cc1ccc(OCCC2CN(C(=O)OC(C)(C)C)CCO2)cc1CNC(=O)C(CCc1ccccc1)NC(=O)C(C)CCC(=O)OC(C)(C)C. The van der Waals surface area contributed by atoms with Crippen LogP contribution in [0.25, 0.3) is 0 Å². The predicted octanol–water partition coefficient (Wildman–Crippen LogP) is 6.49. The van der Waals surface area contributed by atoms with Crippen molar-refractivity contribution in [3.8, 4) is 5.75 Å². The number of aryl methyl sites for hydroxylation is 2. The normalized spacial score (nSPS) is 15.4. The lowest BCUT2D eigenvalue weighted by Gasteiger charge is -2.34. The van der Waals surface area contributed by atoms with E-state index in [9.17, 15) is 24.0 Å². The molecular formula is C42H63N3O9. The molecule has 2 N–H and O–H groups in total. The van der Waals surface area contributed by atoms with Crippen molar-refractivity contribution >= 4 is 29.7 Å². The zero-order valence-corrected chi connectivity index (χ0v) is 34.0. The number of benzene rings is 2. The van der Waals surface area contributed by atoms with Crippen LogP contribution in [0, 0.1) is 12.8 Å². The maximum Gasteiger partial charge on any atom is 0.410 e. The van der Waals surface area contributed by atoms with Crippen molar-refractivity contribution in [3.63, 3.8) is 0 Å². The number of morpholine rings is 1. The third-order valence-corrected chi connectivity index (χ3v) is 8.12. The molecule has 2 aromatic carbocycles. The maximum atomic E-state index is 13.5. The number of carbonyl (C=O) groups excluding carboxylic acids is 5. The molecule has 3 unspecified atom stereocenters. The van der Waals surface area contributed by atoms with E-state index in [2.05, 4.69) is 10.6 Å². The zero-order chi connectivity index (χ0) is 40.5. The van der Waals surface area contributed by atoms with Crippen molar-refractivity contribution in [2.24, 2.45) is 5.92 Å². The number of amides is 3. The van der Waals surface area contributed by atoms with Gasteiger partial charge in [-0.15, -0.1) is 0 Å². The predicted molar refractivity (Wildman–Crippen MR) is 208 cm³/mol. The van der Waals surface area contributed by atoms with Gasteiger partial charge >= 0.3 is 12.1 Å². The number of esters is 1. The number of ether oxygens (including phenoxy) is 4. The van der Waals surface area contributed by atoms with Gasteiger partial charge in [0.15, 0.2) is 0 Å². The summed E-state index contributed by atoms with van der Waals surface area (Å²) in [5, 5.41) is 5.94. The Hall–Kier alpha value is -4.45. The van der Waals surface area contributed by atoms with Crippen LogP contribution in [-0.2, 0) is 46.4 Å². The average molecular weight is 754 g/mol. The molecule has 0 aliphatic carbocycles. The molecule has 300 valence electrons. The molecule has 0 bridgehead atoms. The van der Waals surface area contributed by atoms with E-state index >= 15 is 0 Å². The minimum Gasteiger partial charge on any atom is -0.493 e. The summed E-state index contributed by atoms with van der Waals surface area (Å²) in [5.74, 6) is -0.588. The summed E-state index contributed by atoms with van der Waals surface area (Å²) in [6.07, 6.45) is 1.54. The highest BCUT2D eigenvalue weighted by Crippen LogP contribution is 2.20. The third kappa shape index (κ3) is 19.0. The van der Waals surface area contributed by atoms with Crippen LogP contribution in [0.3, 0.4) is 0 Å². The number of hydrogen-bond acceptors (Lipinski definition) is 9. The van der Waals surface area contributed by atoms with Gasteiger partial charge in [-0.25, -0.2) is 4.79 Å².